The first-order valence-electron chi connectivity index (χ1n) is 9.21. The molecule has 0 saturated carbocycles. The van der Waals surface area contributed by atoms with Gasteiger partial charge in [-0.2, -0.15) is 9.97 Å². The second-order valence-corrected chi connectivity index (χ2v) is 7.12. The van der Waals surface area contributed by atoms with Crippen molar-refractivity contribution in [1.29, 1.82) is 0 Å². The number of nitrogens with one attached hydrogen (secondary N) is 1. The Morgan fingerprint density at radius 2 is 1.97 bits per heavy atom. The lowest BCUT2D eigenvalue weighted by atomic mass is 10.1. The van der Waals surface area contributed by atoms with E-state index in [2.05, 4.69) is 37.4 Å². The molecule has 8 heteroatoms. The number of aromatic nitrogens is 5. The highest BCUT2D eigenvalue weighted by Crippen LogP contribution is 2.27. The Balaban J connectivity index is 0.000000305. The molecule has 3 aromatic heterocycles. The van der Waals surface area contributed by atoms with Crippen LogP contribution < -0.4 is 10.1 Å². The van der Waals surface area contributed by atoms with Gasteiger partial charge < -0.3 is 9.30 Å². The van der Waals surface area contributed by atoms with E-state index in [1.807, 2.05) is 42.9 Å². The summed E-state index contributed by atoms with van der Waals surface area (Å²) in [4.78, 5) is 17.0. The van der Waals surface area contributed by atoms with Crippen LogP contribution in [0.2, 0.25) is 5.15 Å². The van der Waals surface area contributed by atoms with Gasteiger partial charge in [-0.05, 0) is 32.0 Å². The van der Waals surface area contributed by atoms with E-state index in [-0.39, 0.29) is 0 Å². The molecule has 1 aliphatic carbocycles. The van der Waals surface area contributed by atoms with Crippen LogP contribution in [0, 0.1) is 26.3 Å². The van der Waals surface area contributed by atoms with Crippen LogP contribution >= 0.6 is 11.6 Å². The van der Waals surface area contributed by atoms with Crippen LogP contribution in [-0.2, 0) is 6.54 Å². The van der Waals surface area contributed by atoms with Crippen molar-refractivity contribution in [3.8, 4) is 29.5 Å². The summed E-state index contributed by atoms with van der Waals surface area (Å²) in [5.74, 6) is 1.14. The standard InChI is InChI=1S/C17H16ClN5O.C5H3N/c1-5-19-17-21-15(18)12-6-7-23(16(12)22-17)9-13-11(3)14(24-4)10(2)8-20-13;1-2-5-4(1)3-6-5/h1,6-8H,9H2,2-4H3,(H,19,21,22);1-3H. The molecule has 0 spiro atoms. The molecule has 0 amide bonds. The number of hydrogen-bond acceptors (Lipinski definition) is 6. The zero-order valence-corrected chi connectivity index (χ0v) is 17.5. The summed E-state index contributed by atoms with van der Waals surface area (Å²) in [6.07, 6.45) is 10.8. The van der Waals surface area contributed by atoms with Crippen molar-refractivity contribution >= 4 is 28.6 Å². The molecule has 2 aliphatic rings. The smallest absolute Gasteiger partial charge is 0.237 e. The molecule has 1 N–H and O–H groups in total. The van der Waals surface area contributed by atoms with Crippen molar-refractivity contribution in [2.45, 2.75) is 20.4 Å². The third-order valence-electron chi connectivity index (χ3n) is 4.89. The molecule has 5 rings (SSSR count). The lowest BCUT2D eigenvalue weighted by Crippen LogP contribution is -2.07. The zero-order valence-electron chi connectivity index (χ0n) is 16.8. The number of hydrogen-bond donors (Lipinski definition) is 1. The van der Waals surface area contributed by atoms with Crippen molar-refractivity contribution in [3.05, 3.63) is 58.8 Å². The fourth-order valence-corrected chi connectivity index (χ4v) is 3.45. The highest BCUT2D eigenvalue weighted by atomic mass is 35.5. The molecule has 0 unspecified atom stereocenters. The number of rotatable bonds is 4. The average molecular weight is 419 g/mol. The van der Waals surface area contributed by atoms with Crippen LogP contribution in [0.3, 0.4) is 0 Å². The third-order valence-corrected chi connectivity index (χ3v) is 5.17. The molecule has 0 aromatic carbocycles. The normalized spacial score (nSPS) is 10.8. The van der Waals surface area contributed by atoms with E-state index in [0.29, 0.717) is 23.3 Å². The van der Waals surface area contributed by atoms with E-state index in [1.165, 1.54) is 11.3 Å². The van der Waals surface area contributed by atoms with Crippen LogP contribution in [0.4, 0.5) is 5.95 Å². The summed E-state index contributed by atoms with van der Waals surface area (Å²) in [7, 11) is 1.66. The summed E-state index contributed by atoms with van der Waals surface area (Å²) in [6, 6.07) is 8.24. The molecule has 7 nitrogen and oxygen atoms in total. The number of terminal acetylenes is 1. The molecule has 0 atom stereocenters. The summed E-state index contributed by atoms with van der Waals surface area (Å²) >= 11 is 6.21. The fraction of sp³-hybridized carbons (Fsp3) is 0.182. The van der Waals surface area contributed by atoms with E-state index in [9.17, 15) is 0 Å². The van der Waals surface area contributed by atoms with E-state index in [1.54, 1.807) is 13.3 Å². The van der Waals surface area contributed by atoms with Gasteiger partial charge in [-0.1, -0.05) is 18.0 Å². The Morgan fingerprint density at radius 3 is 2.53 bits per heavy atom. The molecule has 150 valence electrons. The van der Waals surface area contributed by atoms with Gasteiger partial charge in [0, 0.05) is 41.3 Å². The van der Waals surface area contributed by atoms with Gasteiger partial charge in [0.1, 0.15) is 16.5 Å². The van der Waals surface area contributed by atoms with Crippen molar-refractivity contribution in [3.63, 3.8) is 0 Å². The van der Waals surface area contributed by atoms with Crippen molar-refractivity contribution < 1.29 is 4.74 Å². The monoisotopic (exact) mass is 418 g/mol. The van der Waals surface area contributed by atoms with Crippen LogP contribution in [-0.4, -0.2) is 31.6 Å². The number of nitrogens with zero attached hydrogens (tertiary/aromatic N) is 5. The Bertz CT molecular complexity index is 1250. The molecule has 1 aliphatic heterocycles. The van der Waals surface area contributed by atoms with Gasteiger partial charge in [-0.15, -0.1) is 0 Å². The zero-order chi connectivity index (χ0) is 21.3. The molecule has 0 bridgehead atoms. The van der Waals surface area contributed by atoms with Crippen LogP contribution in [0.25, 0.3) is 22.3 Å². The SMILES string of the molecule is C#CNc1nc(Cl)c2ccn(Cc3ncc(C)c(OC)c3C)c2n1.c1cc2ncc1-2. The number of fused-ring (bicyclic) bond motifs is 2. The lowest BCUT2D eigenvalue weighted by Gasteiger charge is -2.13. The number of halogens is 1. The number of ether oxygens (including phenoxy) is 1. The molecule has 0 saturated heterocycles. The van der Waals surface area contributed by atoms with Crippen molar-refractivity contribution in [1.82, 2.24) is 24.5 Å². The molecule has 3 aromatic rings. The number of anilines is 1. The first kappa shape index (κ1) is 19.7. The summed E-state index contributed by atoms with van der Waals surface area (Å²) in [5.41, 5.74) is 6.08. The van der Waals surface area contributed by atoms with E-state index >= 15 is 0 Å². The predicted molar refractivity (Wildman–Crippen MR) is 118 cm³/mol. The van der Waals surface area contributed by atoms with Gasteiger partial charge in [0.05, 0.1) is 30.4 Å². The van der Waals surface area contributed by atoms with Gasteiger partial charge >= 0.3 is 0 Å². The van der Waals surface area contributed by atoms with Crippen LogP contribution in [0.15, 0.2) is 36.8 Å². The second-order valence-electron chi connectivity index (χ2n) is 6.77. The maximum absolute atomic E-state index is 6.21. The number of pyridine rings is 2. The molecular weight excluding hydrogens is 400 g/mol. The average Bonchev–Trinajstić information content (AvgIpc) is 3.11. The largest absolute Gasteiger partial charge is 0.496 e. The quantitative estimate of drug-likeness (QED) is 0.267. The first-order chi connectivity index (χ1) is 14.5. The molecular formula is C22H19ClN6O. The highest BCUT2D eigenvalue weighted by molar-refractivity contribution is 6.34. The molecule has 30 heavy (non-hydrogen) atoms. The fourth-order valence-electron chi connectivity index (χ4n) is 3.22. The highest BCUT2D eigenvalue weighted by Gasteiger charge is 2.14. The first-order valence-corrected chi connectivity index (χ1v) is 9.59. The predicted octanol–water partition coefficient (Wildman–Crippen LogP) is 4.22. The van der Waals surface area contributed by atoms with Gasteiger partial charge in [0.15, 0.2) is 0 Å². The van der Waals surface area contributed by atoms with Gasteiger partial charge in [-0.25, -0.2) is 0 Å². The Morgan fingerprint density at radius 1 is 1.17 bits per heavy atom. The Labute approximate surface area is 179 Å². The van der Waals surface area contributed by atoms with E-state index in [0.717, 1.165) is 28.0 Å². The maximum Gasteiger partial charge on any atom is 0.237 e. The minimum Gasteiger partial charge on any atom is -0.496 e. The van der Waals surface area contributed by atoms with E-state index in [4.69, 9.17) is 22.8 Å². The minimum atomic E-state index is 0.293. The summed E-state index contributed by atoms with van der Waals surface area (Å²) < 4.78 is 7.42. The van der Waals surface area contributed by atoms with Gasteiger partial charge in [-0.3, -0.25) is 15.3 Å². The maximum atomic E-state index is 6.21. The topological polar surface area (TPSA) is 77.8 Å². The summed E-state index contributed by atoms with van der Waals surface area (Å²) in [6.45, 7) is 4.50. The minimum absolute atomic E-state index is 0.293. The van der Waals surface area contributed by atoms with E-state index < -0.39 is 0 Å². The molecule has 4 heterocycles. The molecule has 0 radical (unpaired) electrons. The molecule has 0 fully saturated rings. The Hall–Kier alpha value is -3.63. The Kier molecular flexibility index (Phi) is 5.25. The van der Waals surface area contributed by atoms with Crippen LogP contribution in [0.5, 0.6) is 5.75 Å². The van der Waals surface area contributed by atoms with Gasteiger partial charge in [0.25, 0.3) is 0 Å². The lowest BCUT2D eigenvalue weighted by molar-refractivity contribution is 0.406. The summed E-state index contributed by atoms with van der Waals surface area (Å²) in [5, 5.41) is 3.74. The van der Waals surface area contributed by atoms with Crippen molar-refractivity contribution in [2.24, 2.45) is 0 Å². The second kappa shape index (κ2) is 8.01. The van der Waals surface area contributed by atoms with Crippen LogP contribution in [0.1, 0.15) is 16.8 Å². The third kappa shape index (κ3) is 3.53. The van der Waals surface area contributed by atoms with Gasteiger partial charge in [0.2, 0.25) is 5.95 Å². The number of aryl methyl sites for hydroxylation is 1. The number of methoxy groups -OCH3 is 1. The van der Waals surface area contributed by atoms with Crippen molar-refractivity contribution in [2.75, 3.05) is 12.4 Å².